The summed E-state index contributed by atoms with van der Waals surface area (Å²) in [6, 6.07) is 2.85. The minimum atomic E-state index is -2.63. The van der Waals surface area contributed by atoms with Gasteiger partial charge in [0, 0.05) is 10.5 Å². The van der Waals surface area contributed by atoms with Crippen molar-refractivity contribution >= 4 is 5.97 Å². The minimum absolute atomic E-state index is 0.00685. The molecule has 1 N–H and O–H groups in total. The molecule has 0 aliphatic carbocycles. The van der Waals surface area contributed by atoms with Crippen molar-refractivity contribution in [1.29, 1.82) is 0 Å². The molecule has 0 fully saturated rings. The van der Waals surface area contributed by atoms with E-state index in [9.17, 15) is 4.79 Å². The Labute approximate surface area is 62.5 Å². The normalized spacial score (nSPS) is 18.6. The van der Waals surface area contributed by atoms with Gasteiger partial charge in [-0.1, -0.05) is 0 Å². The number of carbonyl (C=O) groups is 1. The van der Waals surface area contributed by atoms with E-state index in [1.807, 2.05) is 0 Å². The van der Waals surface area contributed by atoms with Crippen LogP contribution in [0.4, 0.5) is 0 Å². The number of rotatable bonds is 3. The fraction of sp³-hybridized carbons (Fsp3) is 0.286. The maximum absolute atomic E-state index is 10.4. The van der Waals surface area contributed by atoms with Gasteiger partial charge in [0.1, 0.15) is 5.76 Å². The number of hydrogen-bond acceptors (Lipinski definition) is 2. The molecule has 0 aliphatic heterocycles. The Hall–Kier alpha value is -1.25. The van der Waals surface area contributed by atoms with Crippen molar-refractivity contribution in [1.82, 2.24) is 0 Å². The minimum Gasteiger partial charge on any atom is -0.481 e. The summed E-state index contributed by atoms with van der Waals surface area (Å²) < 4.78 is 26.2. The third-order valence-corrected chi connectivity index (χ3v) is 0.881. The first kappa shape index (κ1) is 3.81. The molecule has 1 rings (SSSR count). The van der Waals surface area contributed by atoms with Gasteiger partial charge in [-0.2, -0.15) is 0 Å². The van der Waals surface area contributed by atoms with Crippen molar-refractivity contribution < 1.29 is 18.4 Å². The van der Waals surface area contributed by atoms with Gasteiger partial charge in [-0.25, -0.2) is 0 Å². The summed E-state index contributed by atoms with van der Waals surface area (Å²) in [5, 5.41) is 8.47. The van der Waals surface area contributed by atoms with Crippen LogP contribution in [0.2, 0.25) is 0 Å². The maximum atomic E-state index is 10.4. The van der Waals surface area contributed by atoms with Crippen LogP contribution in [0.5, 0.6) is 0 Å². The largest absolute Gasteiger partial charge is 0.481 e. The SMILES string of the molecule is [2H]C(c1ccco1)C([2H])([2H])C(=O)O. The quantitative estimate of drug-likeness (QED) is 0.693. The summed E-state index contributed by atoms with van der Waals surface area (Å²) in [6.07, 6.45) is -2.90. The molecule has 10 heavy (non-hydrogen) atoms. The molecule has 1 aromatic heterocycles. The first-order valence-corrected chi connectivity index (χ1v) is 2.65. The molecule has 0 saturated carbocycles. The van der Waals surface area contributed by atoms with Crippen LogP contribution < -0.4 is 0 Å². The highest BCUT2D eigenvalue weighted by Gasteiger charge is 1.99. The van der Waals surface area contributed by atoms with Crippen LogP contribution in [0, 0.1) is 0 Å². The summed E-state index contributed by atoms with van der Waals surface area (Å²) in [6.45, 7) is 0. The molecule has 3 heteroatoms. The zero-order chi connectivity index (χ0) is 10.1. The second-order valence-electron chi connectivity index (χ2n) is 1.61. The predicted octanol–water partition coefficient (Wildman–Crippen LogP) is 1.30. The van der Waals surface area contributed by atoms with Crippen molar-refractivity contribution in [2.45, 2.75) is 12.8 Å². The van der Waals surface area contributed by atoms with Gasteiger partial charge < -0.3 is 9.52 Å². The van der Waals surface area contributed by atoms with E-state index >= 15 is 0 Å². The number of aryl methyl sites for hydroxylation is 1. The molecular formula is C7H8O3. The highest BCUT2D eigenvalue weighted by molar-refractivity contribution is 5.66. The molecule has 0 radical (unpaired) electrons. The topological polar surface area (TPSA) is 50.4 Å². The summed E-state index contributed by atoms with van der Waals surface area (Å²) in [7, 11) is 0. The molecule has 0 bridgehead atoms. The molecule has 1 unspecified atom stereocenters. The van der Waals surface area contributed by atoms with Crippen molar-refractivity contribution in [3.8, 4) is 0 Å². The molecule has 1 aromatic rings. The molecule has 54 valence electrons. The van der Waals surface area contributed by atoms with Gasteiger partial charge in [0.2, 0.25) is 0 Å². The van der Waals surface area contributed by atoms with E-state index in [0.29, 0.717) is 0 Å². The van der Waals surface area contributed by atoms with E-state index in [2.05, 4.69) is 0 Å². The highest BCUT2D eigenvalue weighted by Crippen LogP contribution is 2.02. The van der Waals surface area contributed by atoms with E-state index in [-0.39, 0.29) is 5.76 Å². The highest BCUT2D eigenvalue weighted by atomic mass is 16.4. The molecule has 0 aliphatic rings. The Morgan fingerprint density at radius 1 is 1.90 bits per heavy atom. The van der Waals surface area contributed by atoms with Crippen LogP contribution >= 0.6 is 0 Å². The lowest BCUT2D eigenvalue weighted by molar-refractivity contribution is -0.137. The number of carboxylic acid groups (broad SMARTS) is 1. The zero-order valence-electron chi connectivity index (χ0n) is 8.07. The Balaban J connectivity index is 2.90. The van der Waals surface area contributed by atoms with Gasteiger partial charge in [0.15, 0.2) is 0 Å². The van der Waals surface area contributed by atoms with Crippen molar-refractivity contribution in [2.24, 2.45) is 0 Å². The number of aliphatic carboxylic acids is 1. The monoisotopic (exact) mass is 143 g/mol. The van der Waals surface area contributed by atoms with Crippen LogP contribution in [0.15, 0.2) is 22.8 Å². The Morgan fingerprint density at radius 2 is 2.70 bits per heavy atom. The first-order valence-electron chi connectivity index (χ1n) is 4.23. The Bertz CT molecular complexity index is 294. The van der Waals surface area contributed by atoms with Crippen molar-refractivity contribution in [3.05, 3.63) is 24.2 Å². The third kappa shape index (κ3) is 1.93. The second kappa shape index (κ2) is 3.06. The predicted molar refractivity (Wildman–Crippen MR) is 34.7 cm³/mol. The maximum Gasteiger partial charge on any atom is 0.303 e. The zero-order valence-corrected chi connectivity index (χ0v) is 5.07. The molecule has 3 nitrogen and oxygen atoms in total. The fourth-order valence-corrected chi connectivity index (χ4v) is 0.506. The third-order valence-electron chi connectivity index (χ3n) is 0.881. The molecule has 1 heterocycles. The van der Waals surface area contributed by atoms with Crippen LogP contribution in [0.1, 0.15) is 16.2 Å². The Morgan fingerprint density at radius 3 is 3.20 bits per heavy atom. The van der Waals surface area contributed by atoms with E-state index in [1.165, 1.54) is 18.4 Å². The van der Waals surface area contributed by atoms with Gasteiger partial charge in [-0.15, -0.1) is 0 Å². The van der Waals surface area contributed by atoms with E-state index < -0.39 is 18.7 Å². The fourth-order valence-electron chi connectivity index (χ4n) is 0.506. The molecule has 0 saturated heterocycles. The van der Waals surface area contributed by atoms with Gasteiger partial charge in [-0.3, -0.25) is 4.79 Å². The van der Waals surface area contributed by atoms with Crippen LogP contribution in [-0.2, 0) is 11.2 Å². The van der Waals surface area contributed by atoms with E-state index in [1.54, 1.807) is 0 Å². The molecule has 0 amide bonds. The average Bonchev–Trinajstić information content (AvgIpc) is 2.54. The number of furan rings is 1. The lowest BCUT2D eigenvalue weighted by Gasteiger charge is -1.89. The lowest BCUT2D eigenvalue weighted by atomic mass is 10.2. The second-order valence-corrected chi connectivity index (χ2v) is 1.61. The molecule has 0 aromatic carbocycles. The lowest BCUT2D eigenvalue weighted by Crippen LogP contribution is -1.95. The average molecular weight is 143 g/mol. The standard InChI is InChI=1S/C7H8O3/c8-7(9)4-3-6-2-1-5-10-6/h1-2,5H,3-4H2,(H,8,9)/i3D,4D2. The van der Waals surface area contributed by atoms with Crippen LogP contribution in [0.3, 0.4) is 0 Å². The molecule has 0 spiro atoms. The molecule has 1 atom stereocenters. The number of carboxylic acids is 1. The van der Waals surface area contributed by atoms with Gasteiger partial charge in [-0.05, 0) is 12.1 Å². The smallest absolute Gasteiger partial charge is 0.303 e. The number of hydrogen-bond donors (Lipinski definition) is 1. The van der Waals surface area contributed by atoms with Gasteiger partial charge in [0.25, 0.3) is 0 Å². The van der Waals surface area contributed by atoms with Crippen LogP contribution in [-0.4, -0.2) is 11.1 Å². The summed E-state index contributed by atoms with van der Waals surface area (Å²) in [5.41, 5.74) is 0. The van der Waals surface area contributed by atoms with E-state index in [0.717, 1.165) is 0 Å². The first-order chi connectivity index (χ1) is 5.96. The summed E-state index contributed by atoms with van der Waals surface area (Å²) in [5.74, 6) is -1.66. The Kier molecular flexibility index (Phi) is 1.16. The van der Waals surface area contributed by atoms with Crippen molar-refractivity contribution in [2.75, 3.05) is 0 Å². The van der Waals surface area contributed by atoms with Gasteiger partial charge in [0.05, 0.1) is 12.6 Å². The van der Waals surface area contributed by atoms with Crippen LogP contribution in [0.25, 0.3) is 0 Å². The van der Waals surface area contributed by atoms with Crippen molar-refractivity contribution in [3.63, 3.8) is 0 Å². The van der Waals surface area contributed by atoms with E-state index in [4.69, 9.17) is 13.6 Å². The van der Waals surface area contributed by atoms with Gasteiger partial charge >= 0.3 is 5.97 Å². The summed E-state index contributed by atoms with van der Waals surface area (Å²) >= 11 is 0. The summed E-state index contributed by atoms with van der Waals surface area (Å²) in [4.78, 5) is 10.4. The molecular weight excluding hydrogens is 132 g/mol.